The van der Waals surface area contributed by atoms with E-state index in [0.29, 0.717) is 12.3 Å². The maximum absolute atomic E-state index is 12.2. The van der Waals surface area contributed by atoms with Crippen molar-refractivity contribution in [2.24, 2.45) is 12.8 Å². The molecular weight excluding hydrogens is 236 g/mol. The molecule has 2 rings (SSSR count). The number of hydrogen-bond acceptors (Lipinski definition) is 2. The van der Waals surface area contributed by atoms with Crippen LogP contribution in [0.25, 0.3) is 10.9 Å². The number of hydrogen-bond donors (Lipinski definition) is 1. The summed E-state index contributed by atoms with van der Waals surface area (Å²) in [6.07, 6.45) is 0.620. The molecule has 0 aliphatic carbocycles. The van der Waals surface area contributed by atoms with Crippen molar-refractivity contribution in [2.45, 2.75) is 39.2 Å². The number of nitrogens with two attached hydrogens (primary N) is 1. The van der Waals surface area contributed by atoms with E-state index in [-0.39, 0.29) is 11.6 Å². The quantitative estimate of drug-likeness (QED) is 0.919. The molecule has 0 amide bonds. The van der Waals surface area contributed by atoms with Gasteiger partial charge in [0, 0.05) is 18.7 Å². The lowest BCUT2D eigenvalue weighted by molar-refractivity contribution is 0.722. The Kier molecular flexibility index (Phi) is 3.76. The maximum Gasteiger partial charge on any atom is 0.254 e. The molecule has 0 radical (unpaired) electrons. The highest BCUT2D eigenvalue weighted by Crippen LogP contribution is 2.21. The highest BCUT2D eigenvalue weighted by Gasteiger charge is 2.09. The van der Waals surface area contributed by atoms with Gasteiger partial charge < -0.3 is 10.3 Å². The molecule has 0 aliphatic heterocycles. The largest absolute Gasteiger partial charge is 0.328 e. The van der Waals surface area contributed by atoms with Gasteiger partial charge >= 0.3 is 0 Å². The van der Waals surface area contributed by atoms with E-state index in [1.807, 2.05) is 26.1 Å². The molecule has 0 bridgehead atoms. The summed E-state index contributed by atoms with van der Waals surface area (Å²) in [5.74, 6) is 0.485. The van der Waals surface area contributed by atoms with Crippen molar-refractivity contribution < 1.29 is 0 Å². The summed E-state index contributed by atoms with van der Waals surface area (Å²) >= 11 is 0. The highest BCUT2D eigenvalue weighted by molar-refractivity contribution is 5.80. The summed E-state index contributed by atoms with van der Waals surface area (Å²) in [7, 11) is 1.82. The van der Waals surface area contributed by atoms with Gasteiger partial charge in [-0.2, -0.15) is 0 Å². The van der Waals surface area contributed by atoms with E-state index in [2.05, 4.69) is 26.0 Å². The minimum Gasteiger partial charge on any atom is -0.328 e. The smallest absolute Gasteiger partial charge is 0.254 e. The molecule has 2 aromatic rings. The summed E-state index contributed by atoms with van der Waals surface area (Å²) in [6, 6.07) is 8.29. The second-order valence-electron chi connectivity index (χ2n) is 5.69. The lowest BCUT2D eigenvalue weighted by Crippen LogP contribution is -2.27. The number of fused-ring (bicyclic) bond motifs is 1. The van der Waals surface area contributed by atoms with Gasteiger partial charge in [-0.05, 0) is 48.4 Å². The molecule has 1 heterocycles. The zero-order valence-corrected chi connectivity index (χ0v) is 12.1. The third-order valence-electron chi connectivity index (χ3n) is 3.53. The first-order valence-electron chi connectivity index (χ1n) is 6.78. The Morgan fingerprint density at radius 1 is 1.21 bits per heavy atom. The van der Waals surface area contributed by atoms with E-state index in [1.165, 1.54) is 5.56 Å². The predicted molar refractivity (Wildman–Crippen MR) is 80.6 cm³/mol. The van der Waals surface area contributed by atoms with Crippen LogP contribution in [0.1, 0.15) is 37.8 Å². The fourth-order valence-electron chi connectivity index (χ4n) is 2.42. The molecule has 0 saturated carbocycles. The Morgan fingerprint density at radius 3 is 2.47 bits per heavy atom. The standard InChI is InChI=1S/C16H22N2O/c1-10(2)12-5-6-15-13(8-12)9-14(7-11(3)17)16(19)18(15)4/h5-6,8-11H,7,17H2,1-4H3. The third-order valence-corrected chi connectivity index (χ3v) is 3.53. The molecule has 1 aromatic heterocycles. The molecule has 3 heteroatoms. The van der Waals surface area contributed by atoms with Gasteiger partial charge in [-0.3, -0.25) is 4.79 Å². The second-order valence-corrected chi connectivity index (χ2v) is 5.69. The monoisotopic (exact) mass is 258 g/mol. The van der Waals surface area contributed by atoms with Crippen LogP contribution in [0.5, 0.6) is 0 Å². The maximum atomic E-state index is 12.2. The Hall–Kier alpha value is -1.61. The van der Waals surface area contributed by atoms with Gasteiger partial charge in [0.05, 0.1) is 5.52 Å². The van der Waals surface area contributed by atoms with Crippen molar-refractivity contribution in [3.05, 3.63) is 45.7 Å². The fraction of sp³-hybridized carbons (Fsp3) is 0.438. The molecule has 2 N–H and O–H groups in total. The van der Waals surface area contributed by atoms with Crippen LogP contribution in [0.15, 0.2) is 29.1 Å². The van der Waals surface area contributed by atoms with Crippen molar-refractivity contribution in [1.82, 2.24) is 4.57 Å². The van der Waals surface area contributed by atoms with Crippen molar-refractivity contribution in [2.75, 3.05) is 0 Å². The summed E-state index contributed by atoms with van der Waals surface area (Å²) in [6.45, 7) is 6.27. The van der Waals surface area contributed by atoms with Crippen LogP contribution in [0.4, 0.5) is 0 Å². The number of aryl methyl sites for hydroxylation is 1. The van der Waals surface area contributed by atoms with E-state index >= 15 is 0 Å². The van der Waals surface area contributed by atoms with Crippen LogP contribution < -0.4 is 11.3 Å². The van der Waals surface area contributed by atoms with Crippen LogP contribution >= 0.6 is 0 Å². The number of nitrogens with zero attached hydrogens (tertiary/aromatic N) is 1. The van der Waals surface area contributed by atoms with Crippen LogP contribution in [0, 0.1) is 0 Å². The molecule has 19 heavy (non-hydrogen) atoms. The number of rotatable bonds is 3. The van der Waals surface area contributed by atoms with Crippen molar-refractivity contribution in [1.29, 1.82) is 0 Å². The van der Waals surface area contributed by atoms with Gasteiger partial charge in [0.25, 0.3) is 5.56 Å². The van der Waals surface area contributed by atoms with Crippen LogP contribution in [0.3, 0.4) is 0 Å². The molecule has 1 unspecified atom stereocenters. The molecule has 0 saturated heterocycles. The van der Waals surface area contributed by atoms with E-state index in [4.69, 9.17) is 5.73 Å². The number of aromatic nitrogens is 1. The normalized spacial score (nSPS) is 13.2. The Labute approximate surface area is 114 Å². The van der Waals surface area contributed by atoms with E-state index in [0.717, 1.165) is 16.5 Å². The zero-order chi connectivity index (χ0) is 14.2. The first-order valence-corrected chi connectivity index (χ1v) is 6.78. The topological polar surface area (TPSA) is 48.0 Å². The van der Waals surface area contributed by atoms with Gasteiger partial charge in [0.2, 0.25) is 0 Å². The first kappa shape index (κ1) is 13.8. The van der Waals surface area contributed by atoms with E-state index < -0.39 is 0 Å². The Balaban J connectivity index is 2.67. The lowest BCUT2D eigenvalue weighted by Gasteiger charge is -2.12. The van der Waals surface area contributed by atoms with Gasteiger partial charge in [0.15, 0.2) is 0 Å². The number of benzene rings is 1. The van der Waals surface area contributed by atoms with Gasteiger partial charge in [-0.25, -0.2) is 0 Å². The number of pyridine rings is 1. The summed E-state index contributed by atoms with van der Waals surface area (Å²) in [5.41, 5.74) is 8.94. The summed E-state index contributed by atoms with van der Waals surface area (Å²) < 4.78 is 1.72. The molecule has 102 valence electrons. The average Bonchev–Trinajstić information content (AvgIpc) is 2.34. The minimum absolute atomic E-state index is 0.00145. The lowest BCUT2D eigenvalue weighted by atomic mass is 9.99. The zero-order valence-electron chi connectivity index (χ0n) is 12.1. The SMILES string of the molecule is CC(N)Cc1cc2cc(C(C)C)ccc2n(C)c1=O. The van der Waals surface area contributed by atoms with Crippen LogP contribution in [-0.2, 0) is 13.5 Å². The third kappa shape index (κ3) is 2.71. The first-order chi connectivity index (χ1) is 8.90. The van der Waals surface area contributed by atoms with Crippen molar-refractivity contribution in [3.8, 4) is 0 Å². The molecule has 0 spiro atoms. The molecular formula is C16H22N2O. The van der Waals surface area contributed by atoms with E-state index in [9.17, 15) is 4.79 Å². The second kappa shape index (κ2) is 5.17. The van der Waals surface area contributed by atoms with Crippen LogP contribution in [0.2, 0.25) is 0 Å². The van der Waals surface area contributed by atoms with Crippen LogP contribution in [-0.4, -0.2) is 10.6 Å². The Morgan fingerprint density at radius 2 is 1.89 bits per heavy atom. The van der Waals surface area contributed by atoms with E-state index in [1.54, 1.807) is 4.57 Å². The van der Waals surface area contributed by atoms with Gasteiger partial charge in [-0.1, -0.05) is 19.9 Å². The minimum atomic E-state index is -0.00145. The fourth-order valence-corrected chi connectivity index (χ4v) is 2.42. The predicted octanol–water partition coefficient (Wildman–Crippen LogP) is 2.55. The molecule has 0 fully saturated rings. The van der Waals surface area contributed by atoms with Gasteiger partial charge in [0.1, 0.15) is 0 Å². The van der Waals surface area contributed by atoms with Crippen molar-refractivity contribution in [3.63, 3.8) is 0 Å². The highest BCUT2D eigenvalue weighted by atomic mass is 16.1. The molecule has 1 aromatic carbocycles. The summed E-state index contributed by atoms with van der Waals surface area (Å²) in [4.78, 5) is 12.2. The Bertz CT molecular complexity index is 654. The van der Waals surface area contributed by atoms with Crippen molar-refractivity contribution >= 4 is 10.9 Å². The molecule has 1 atom stereocenters. The molecule has 0 aliphatic rings. The molecule has 3 nitrogen and oxygen atoms in total. The van der Waals surface area contributed by atoms with Gasteiger partial charge in [-0.15, -0.1) is 0 Å². The average molecular weight is 258 g/mol. The summed E-state index contributed by atoms with van der Waals surface area (Å²) in [5, 5.41) is 1.11.